The van der Waals surface area contributed by atoms with Crippen molar-refractivity contribution in [1.82, 2.24) is 9.36 Å². The molecule has 2 aromatic heterocycles. The van der Waals surface area contributed by atoms with Crippen molar-refractivity contribution in [1.29, 1.82) is 0 Å². The van der Waals surface area contributed by atoms with Crippen molar-refractivity contribution in [3.05, 3.63) is 128 Å². The van der Waals surface area contributed by atoms with Crippen LogP contribution in [0.2, 0.25) is 0 Å². The number of carbonyl (C=O) groups is 2. The van der Waals surface area contributed by atoms with Crippen LogP contribution in [0.1, 0.15) is 26.3 Å². The number of carbonyl (C=O) groups excluding carboxylic acids is 2. The molecule has 0 spiro atoms. The van der Waals surface area contributed by atoms with Gasteiger partial charge in [-0.15, -0.1) is 11.3 Å². The van der Waals surface area contributed by atoms with E-state index in [-0.39, 0.29) is 33.1 Å². The van der Waals surface area contributed by atoms with Crippen LogP contribution in [0.15, 0.2) is 101 Å². The second-order valence-corrected chi connectivity index (χ2v) is 12.6. The molecule has 0 bridgehead atoms. The summed E-state index contributed by atoms with van der Waals surface area (Å²) >= 11 is 2.63. The van der Waals surface area contributed by atoms with Crippen molar-refractivity contribution < 1.29 is 9.59 Å². The van der Waals surface area contributed by atoms with E-state index in [2.05, 4.69) is 14.7 Å². The zero-order valence-corrected chi connectivity index (χ0v) is 24.2. The third kappa shape index (κ3) is 3.33. The first-order chi connectivity index (χ1) is 21.5. The second-order valence-electron chi connectivity index (χ2n) is 10.7. The number of aromatic amines is 1. The molecule has 0 unspecified atom stereocenters. The SMILES string of the molecule is O=C(Nc1cc2sc3ccccc3[nH]c2c2c(=O)c3ccccc3c(=O)c12)c1ccc2c3c(nsc13)-c1ccccc1C2=O. The van der Waals surface area contributed by atoms with Crippen LogP contribution in [0.3, 0.4) is 0 Å². The average molecular weight is 608 g/mol. The molecule has 1 aliphatic carbocycles. The standard InChI is InChI=1S/C35H17N3O4S2/c39-31-17-8-2-1-7-16(17)29-26-20(31)13-14-21(34(26)44-38-29)35(42)37-23-15-25-30(36-22-11-5-6-12-24(22)43-25)28-27(23)32(40)18-9-3-4-10-19(18)33(28)41/h1-15,36H,(H,37,42). The summed E-state index contributed by atoms with van der Waals surface area (Å²) in [6.45, 7) is 0. The third-order valence-corrected chi connectivity index (χ3v) is 10.3. The molecule has 1 amide bonds. The van der Waals surface area contributed by atoms with Crippen molar-refractivity contribution in [3.8, 4) is 11.3 Å². The lowest BCUT2D eigenvalue weighted by molar-refractivity contribution is 0.102. The minimum absolute atomic E-state index is 0.110. The number of benzene rings is 6. The van der Waals surface area contributed by atoms with Crippen LogP contribution in [0.4, 0.5) is 5.69 Å². The molecule has 0 saturated heterocycles. The summed E-state index contributed by atoms with van der Waals surface area (Å²) in [5.41, 5.74) is 3.85. The van der Waals surface area contributed by atoms with Crippen LogP contribution in [-0.2, 0) is 0 Å². The zero-order valence-electron chi connectivity index (χ0n) is 22.6. The van der Waals surface area contributed by atoms with Crippen LogP contribution in [0.25, 0.3) is 63.3 Å². The van der Waals surface area contributed by atoms with E-state index in [4.69, 9.17) is 0 Å². The van der Waals surface area contributed by atoms with Gasteiger partial charge < -0.3 is 10.3 Å². The van der Waals surface area contributed by atoms with Gasteiger partial charge in [0.05, 0.1) is 52.9 Å². The highest BCUT2D eigenvalue weighted by Gasteiger charge is 2.30. The van der Waals surface area contributed by atoms with E-state index < -0.39 is 5.91 Å². The average Bonchev–Trinajstić information content (AvgIpc) is 3.50. The predicted molar refractivity (Wildman–Crippen MR) is 178 cm³/mol. The summed E-state index contributed by atoms with van der Waals surface area (Å²) in [6, 6.07) is 26.9. The Hall–Kier alpha value is -5.51. The van der Waals surface area contributed by atoms with Gasteiger partial charge in [-0.3, -0.25) is 19.2 Å². The van der Waals surface area contributed by atoms with E-state index in [1.807, 2.05) is 42.5 Å². The number of aromatic nitrogens is 2. The molecule has 6 aromatic carbocycles. The number of fused-ring (bicyclic) bond motifs is 7. The van der Waals surface area contributed by atoms with Crippen LogP contribution < -0.4 is 16.2 Å². The molecule has 0 fully saturated rings. The van der Waals surface area contributed by atoms with E-state index in [1.165, 1.54) is 11.3 Å². The Balaban J connectivity index is 1.29. The molecular weight excluding hydrogens is 591 g/mol. The molecule has 0 aliphatic heterocycles. The highest BCUT2D eigenvalue weighted by atomic mass is 32.1. The first-order valence-electron chi connectivity index (χ1n) is 13.8. The van der Waals surface area contributed by atoms with E-state index in [0.29, 0.717) is 48.8 Å². The maximum absolute atomic E-state index is 14.0. The summed E-state index contributed by atoms with van der Waals surface area (Å²) in [4.78, 5) is 58.7. The highest BCUT2D eigenvalue weighted by Crippen LogP contribution is 2.42. The molecule has 0 atom stereocenters. The molecular formula is C35H17N3O4S2. The van der Waals surface area contributed by atoms with Crippen molar-refractivity contribution >= 4 is 92.3 Å². The molecule has 7 nitrogen and oxygen atoms in total. The van der Waals surface area contributed by atoms with Gasteiger partial charge in [0.25, 0.3) is 5.91 Å². The Bertz CT molecular complexity index is 2740. The lowest BCUT2D eigenvalue weighted by Crippen LogP contribution is -2.19. The minimum Gasteiger partial charge on any atom is -0.353 e. The lowest BCUT2D eigenvalue weighted by Gasteiger charge is -2.16. The quantitative estimate of drug-likeness (QED) is 0.156. The molecule has 9 rings (SSSR count). The number of anilines is 1. The van der Waals surface area contributed by atoms with Crippen molar-refractivity contribution in [2.24, 2.45) is 0 Å². The molecule has 2 N–H and O–H groups in total. The molecule has 0 saturated carbocycles. The van der Waals surface area contributed by atoms with Gasteiger partial charge in [0.1, 0.15) is 0 Å². The fourth-order valence-electron chi connectivity index (χ4n) is 6.31. The fourth-order valence-corrected chi connectivity index (χ4v) is 8.28. The molecule has 1 aliphatic rings. The monoisotopic (exact) mass is 607 g/mol. The number of nitrogens with zero attached hydrogens (tertiary/aromatic N) is 1. The first-order valence-corrected chi connectivity index (χ1v) is 15.4. The Morgan fingerprint density at radius 3 is 2.23 bits per heavy atom. The van der Waals surface area contributed by atoms with Crippen LogP contribution >= 0.6 is 22.9 Å². The van der Waals surface area contributed by atoms with Gasteiger partial charge in [-0.2, -0.15) is 4.37 Å². The molecule has 2 heterocycles. The molecule has 208 valence electrons. The number of para-hydroxylation sites is 1. The summed E-state index contributed by atoms with van der Waals surface area (Å²) < 4.78 is 6.91. The number of ketones is 1. The van der Waals surface area contributed by atoms with Gasteiger partial charge in [-0.05, 0) is 41.9 Å². The van der Waals surface area contributed by atoms with E-state index in [0.717, 1.165) is 32.0 Å². The van der Waals surface area contributed by atoms with E-state index >= 15 is 0 Å². The van der Waals surface area contributed by atoms with Crippen molar-refractivity contribution in [2.45, 2.75) is 0 Å². The zero-order chi connectivity index (χ0) is 29.7. The predicted octanol–water partition coefficient (Wildman–Crippen LogP) is 7.48. The van der Waals surface area contributed by atoms with Gasteiger partial charge in [-0.25, -0.2) is 0 Å². The summed E-state index contributed by atoms with van der Waals surface area (Å²) in [6.07, 6.45) is 0. The second kappa shape index (κ2) is 9.00. The molecule has 44 heavy (non-hydrogen) atoms. The lowest BCUT2D eigenvalue weighted by atomic mass is 9.87. The van der Waals surface area contributed by atoms with Gasteiger partial charge in [-0.1, -0.05) is 60.7 Å². The smallest absolute Gasteiger partial charge is 0.257 e. The Morgan fingerprint density at radius 1 is 0.705 bits per heavy atom. The third-order valence-electron chi connectivity index (χ3n) is 8.32. The Labute approximate surface area is 255 Å². The van der Waals surface area contributed by atoms with Gasteiger partial charge >= 0.3 is 0 Å². The van der Waals surface area contributed by atoms with Crippen LogP contribution in [0.5, 0.6) is 0 Å². The van der Waals surface area contributed by atoms with Crippen LogP contribution in [-0.4, -0.2) is 21.0 Å². The molecule has 8 aromatic rings. The highest BCUT2D eigenvalue weighted by molar-refractivity contribution is 7.24. The van der Waals surface area contributed by atoms with Gasteiger partial charge in [0.2, 0.25) is 0 Å². The minimum atomic E-state index is -0.464. The number of nitrogens with one attached hydrogen (secondary N) is 2. The number of H-pyrrole nitrogens is 1. The largest absolute Gasteiger partial charge is 0.353 e. The summed E-state index contributed by atoms with van der Waals surface area (Å²) in [7, 11) is 0. The fraction of sp³-hybridized carbons (Fsp3) is 0. The number of amides is 1. The Morgan fingerprint density at radius 2 is 1.41 bits per heavy atom. The number of hydrogen-bond donors (Lipinski definition) is 2. The first kappa shape index (κ1) is 25.0. The molecule has 0 radical (unpaired) electrons. The maximum Gasteiger partial charge on any atom is 0.257 e. The number of rotatable bonds is 2. The van der Waals surface area contributed by atoms with E-state index in [9.17, 15) is 19.2 Å². The molecule has 9 heteroatoms. The topological polar surface area (TPSA) is 109 Å². The van der Waals surface area contributed by atoms with Crippen molar-refractivity contribution in [3.63, 3.8) is 0 Å². The maximum atomic E-state index is 14.0. The number of hydrogen-bond acceptors (Lipinski definition) is 7. The van der Waals surface area contributed by atoms with Gasteiger partial charge in [0.15, 0.2) is 16.6 Å². The van der Waals surface area contributed by atoms with Gasteiger partial charge in [0, 0.05) is 32.8 Å². The Kier molecular flexibility index (Phi) is 5.12. The van der Waals surface area contributed by atoms with Crippen molar-refractivity contribution in [2.75, 3.05) is 5.32 Å². The van der Waals surface area contributed by atoms with Crippen LogP contribution in [0, 0.1) is 0 Å². The van der Waals surface area contributed by atoms with E-state index in [1.54, 1.807) is 48.5 Å². The summed E-state index contributed by atoms with van der Waals surface area (Å²) in [5, 5.41) is 4.63. The summed E-state index contributed by atoms with van der Waals surface area (Å²) in [5.74, 6) is -0.574. The normalized spacial score (nSPS) is 12.4.